The van der Waals surface area contributed by atoms with E-state index >= 15 is 0 Å². The van der Waals surface area contributed by atoms with E-state index in [1.807, 2.05) is 0 Å². The molecule has 21 heavy (non-hydrogen) atoms. The molecule has 1 N–H and O–H groups in total. The predicted molar refractivity (Wildman–Crippen MR) is 73.2 cm³/mol. The second-order valence-corrected chi connectivity index (χ2v) is 6.89. The summed E-state index contributed by atoms with van der Waals surface area (Å²) in [6.07, 6.45) is 1.46. The molecule has 0 radical (unpaired) electrons. The molecule has 0 aliphatic heterocycles. The van der Waals surface area contributed by atoms with Gasteiger partial charge in [0.15, 0.2) is 9.90 Å². The second kappa shape index (κ2) is 5.87. The van der Waals surface area contributed by atoms with Crippen LogP contribution in [-0.2, 0) is 21.8 Å². The van der Waals surface area contributed by atoms with Gasteiger partial charge in [0.05, 0.1) is 18.7 Å². The molecule has 2 rings (SSSR count). The Hall–Kier alpha value is -1.85. The SMILES string of the molecule is COC(=O)c1ncsc1S(=O)(=O)NC(C)c1nncn1C. The van der Waals surface area contributed by atoms with Crippen LogP contribution in [0.4, 0.5) is 0 Å². The maximum Gasteiger partial charge on any atom is 0.358 e. The summed E-state index contributed by atoms with van der Waals surface area (Å²) in [5, 5.41) is 7.53. The summed E-state index contributed by atoms with van der Waals surface area (Å²) < 4.78 is 33.0. The highest BCUT2D eigenvalue weighted by molar-refractivity contribution is 7.91. The first kappa shape index (κ1) is 15.5. The highest BCUT2D eigenvalue weighted by Crippen LogP contribution is 2.22. The molecule has 2 aromatic heterocycles. The van der Waals surface area contributed by atoms with Gasteiger partial charge in [0.1, 0.15) is 12.2 Å². The molecule has 0 amide bonds. The zero-order valence-corrected chi connectivity index (χ0v) is 13.1. The fraction of sp³-hybridized carbons (Fsp3) is 0.400. The third-order valence-corrected chi connectivity index (χ3v) is 5.53. The lowest BCUT2D eigenvalue weighted by molar-refractivity contribution is 0.0590. The van der Waals surface area contributed by atoms with Crippen LogP contribution in [0.5, 0.6) is 0 Å². The van der Waals surface area contributed by atoms with Gasteiger partial charge in [-0.05, 0) is 6.92 Å². The van der Waals surface area contributed by atoms with Gasteiger partial charge in [-0.3, -0.25) is 0 Å². The van der Waals surface area contributed by atoms with Crippen molar-refractivity contribution in [1.29, 1.82) is 0 Å². The van der Waals surface area contributed by atoms with Crippen molar-refractivity contribution in [2.45, 2.75) is 17.2 Å². The number of nitrogens with one attached hydrogen (secondary N) is 1. The van der Waals surface area contributed by atoms with Gasteiger partial charge in [0.25, 0.3) is 10.0 Å². The number of nitrogens with zero attached hydrogens (tertiary/aromatic N) is 4. The zero-order chi connectivity index (χ0) is 15.6. The van der Waals surface area contributed by atoms with Gasteiger partial charge in [0, 0.05) is 7.05 Å². The molecule has 0 saturated heterocycles. The lowest BCUT2D eigenvalue weighted by Crippen LogP contribution is -2.29. The highest BCUT2D eigenvalue weighted by atomic mass is 32.2. The summed E-state index contributed by atoms with van der Waals surface area (Å²) in [4.78, 5) is 15.2. The van der Waals surface area contributed by atoms with Crippen LogP contribution >= 0.6 is 11.3 Å². The monoisotopic (exact) mass is 331 g/mol. The van der Waals surface area contributed by atoms with Crippen LogP contribution in [0.2, 0.25) is 0 Å². The average Bonchev–Trinajstić information content (AvgIpc) is 3.05. The third-order valence-electron chi connectivity index (χ3n) is 2.62. The number of hydrogen-bond acceptors (Lipinski definition) is 8. The maximum absolute atomic E-state index is 12.3. The highest BCUT2D eigenvalue weighted by Gasteiger charge is 2.29. The molecule has 1 atom stereocenters. The van der Waals surface area contributed by atoms with Crippen molar-refractivity contribution in [1.82, 2.24) is 24.5 Å². The molecule has 2 aromatic rings. The largest absolute Gasteiger partial charge is 0.464 e. The van der Waals surface area contributed by atoms with Crippen LogP contribution in [-0.4, -0.2) is 41.2 Å². The van der Waals surface area contributed by atoms with Crippen molar-refractivity contribution in [3.8, 4) is 0 Å². The van der Waals surface area contributed by atoms with Gasteiger partial charge < -0.3 is 9.30 Å². The van der Waals surface area contributed by atoms with Gasteiger partial charge in [-0.2, -0.15) is 4.72 Å². The molecule has 0 spiro atoms. The van der Waals surface area contributed by atoms with Gasteiger partial charge >= 0.3 is 5.97 Å². The van der Waals surface area contributed by atoms with Crippen molar-refractivity contribution < 1.29 is 17.9 Å². The number of aromatic nitrogens is 4. The van der Waals surface area contributed by atoms with Crippen LogP contribution in [0.1, 0.15) is 29.3 Å². The number of hydrogen-bond donors (Lipinski definition) is 1. The summed E-state index contributed by atoms with van der Waals surface area (Å²) >= 11 is 0.838. The average molecular weight is 331 g/mol. The van der Waals surface area contributed by atoms with Crippen LogP contribution in [0.15, 0.2) is 16.0 Å². The fourth-order valence-electron chi connectivity index (χ4n) is 1.68. The Kier molecular flexibility index (Phi) is 4.34. The number of carbonyl (C=O) groups is 1. The molecule has 0 saturated carbocycles. The van der Waals surface area contributed by atoms with Crippen molar-refractivity contribution in [2.24, 2.45) is 7.05 Å². The summed E-state index contributed by atoms with van der Waals surface area (Å²) in [6, 6.07) is -0.616. The second-order valence-electron chi connectivity index (χ2n) is 4.12. The van der Waals surface area contributed by atoms with Crippen LogP contribution in [0, 0.1) is 0 Å². The number of thiazole rings is 1. The molecule has 0 aliphatic rings. The quantitative estimate of drug-likeness (QED) is 0.772. The molecule has 9 nitrogen and oxygen atoms in total. The Morgan fingerprint density at radius 1 is 1.52 bits per heavy atom. The molecule has 11 heteroatoms. The van der Waals surface area contributed by atoms with E-state index in [1.54, 1.807) is 18.5 Å². The van der Waals surface area contributed by atoms with Crippen molar-refractivity contribution >= 4 is 27.3 Å². The molecule has 0 aliphatic carbocycles. The first-order valence-electron chi connectivity index (χ1n) is 5.75. The molecule has 114 valence electrons. The van der Waals surface area contributed by atoms with E-state index in [-0.39, 0.29) is 9.90 Å². The number of aryl methyl sites for hydroxylation is 1. The third kappa shape index (κ3) is 3.09. The van der Waals surface area contributed by atoms with Crippen LogP contribution < -0.4 is 4.72 Å². The van der Waals surface area contributed by atoms with Crippen LogP contribution in [0.25, 0.3) is 0 Å². The fourth-order valence-corrected chi connectivity index (χ4v) is 4.03. The Labute approximate surface area is 125 Å². The molecule has 0 bridgehead atoms. The topological polar surface area (TPSA) is 116 Å². The minimum atomic E-state index is -3.92. The molecule has 2 heterocycles. The lowest BCUT2D eigenvalue weighted by Gasteiger charge is -2.12. The normalized spacial score (nSPS) is 13.1. The van der Waals surface area contributed by atoms with E-state index in [1.165, 1.54) is 11.8 Å². The summed E-state index contributed by atoms with van der Waals surface area (Å²) in [5.74, 6) is -0.356. The molecular weight excluding hydrogens is 318 g/mol. The van der Waals surface area contributed by atoms with E-state index in [2.05, 4.69) is 24.6 Å². The van der Waals surface area contributed by atoms with Crippen molar-refractivity contribution in [3.05, 3.63) is 23.4 Å². The number of ether oxygens (including phenoxy) is 1. The minimum Gasteiger partial charge on any atom is -0.464 e. The van der Waals surface area contributed by atoms with E-state index in [0.29, 0.717) is 5.82 Å². The maximum atomic E-state index is 12.3. The zero-order valence-electron chi connectivity index (χ0n) is 11.5. The standard InChI is InChI=1S/C10H13N5O4S2/c1-6(8-13-12-4-15(8)2)14-21(17,18)10-7(9(16)19-3)11-5-20-10/h4-6,14H,1-3H3. The number of esters is 1. The molecular formula is C10H13N5O4S2. The number of sulfonamides is 1. The summed E-state index contributed by atoms with van der Waals surface area (Å²) in [6.45, 7) is 1.63. The van der Waals surface area contributed by atoms with E-state index in [9.17, 15) is 13.2 Å². The predicted octanol–water partition coefficient (Wildman–Crippen LogP) is 0.0977. The first-order chi connectivity index (χ1) is 9.86. The van der Waals surface area contributed by atoms with E-state index in [4.69, 9.17) is 0 Å². The van der Waals surface area contributed by atoms with Crippen molar-refractivity contribution in [3.63, 3.8) is 0 Å². The Morgan fingerprint density at radius 3 is 2.81 bits per heavy atom. The van der Waals surface area contributed by atoms with Crippen molar-refractivity contribution in [2.75, 3.05) is 7.11 Å². The summed E-state index contributed by atoms with van der Waals surface area (Å²) in [5.41, 5.74) is 1.04. The Bertz CT molecular complexity index is 751. The molecule has 0 aromatic carbocycles. The van der Waals surface area contributed by atoms with E-state index < -0.39 is 22.0 Å². The Balaban J connectivity index is 2.29. The lowest BCUT2D eigenvalue weighted by atomic mass is 10.3. The molecule has 1 unspecified atom stereocenters. The van der Waals surface area contributed by atoms with Gasteiger partial charge in [-0.25, -0.2) is 18.2 Å². The smallest absolute Gasteiger partial charge is 0.358 e. The Morgan fingerprint density at radius 2 is 2.24 bits per heavy atom. The number of carbonyl (C=O) groups excluding carboxylic acids is 1. The number of rotatable bonds is 5. The summed E-state index contributed by atoms with van der Waals surface area (Å²) in [7, 11) is -1.06. The molecule has 0 fully saturated rings. The van der Waals surface area contributed by atoms with Gasteiger partial charge in [-0.15, -0.1) is 21.5 Å². The van der Waals surface area contributed by atoms with Gasteiger partial charge in [0.2, 0.25) is 0 Å². The van der Waals surface area contributed by atoms with Crippen LogP contribution in [0.3, 0.4) is 0 Å². The minimum absolute atomic E-state index is 0.191. The first-order valence-corrected chi connectivity index (χ1v) is 8.11. The number of methoxy groups -OCH3 is 1. The van der Waals surface area contributed by atoms with Gasteiger partial charge in [-0.1, -0.05) is 0 Å². The van der Waals surface area contributed by atoms with E-state index in [0.717, 1.165) is 18.4 Å².